The van der Waals surface area contributed by atoms with Crippen LogP contribution < -0.4 is 5.32 Å². The Morgan fingerprint density at radius 1 is 1.48 bits per heavy atom. The fourth-order valence-corrected chi connectivity index (χ4v) is 1.71. The molecule has 0 aliphatic heterocycles. The van der Waals surface area contributed by atoms with E-state index in [0.29, 0.717) is 25.2 Å². The first kappa shape index (κ1) is 14.6. The zero-order chi connectivity index (χ0) is 15.2. The minimum Gasteiger partial charge on any atom is -0.352 e. The summed E-state index contributed by atoms with van der Waals surface area (Å²) in [6.07, 6.45) is 2.60. The van der Waals surface area contributed by atoms with Gasteiger partial charge in [0.1, 0.15) is 18.0 Å². The monoisotopic (exact) mass is 293 g/mol. The predicted octanol–water partition coefficient (Wildman–Crippen LogP) is 1.21. The maximum absolute atomic E-state index is 13.6. The number of hydrogen-bond donors (Lipinski definition) is 2. The molecule has 0 aliphatic carbocycles. The van der Waals surface area contributed by atoms with Gasteiger partial charge in [0.05, 0.1) is 16.6 Å². The summed E-state index contributed by atoms with van der Waals surface area (Å²) in [7, 11) is 0. The van der Waals surface area contributed by atoms with Gasteiger partial charge in [0.2, 0.25) is 0 Å². The minimum absolute atomic E-state index is 0.222. The number of non-ortho nitro benzene ring substituents is 1. The zero-order valence-electron chi connectivity index (χ0n) is 10.9. The number of nitrogens with one attached hydrogen (secondary N) is 2. The molecule has 0 spiro atoms. The maximum atomic E-state index is 13.6. The Balaban J connectivity index is 1.87. The number of carbonyl (C=O) groups is 1. The fourth-order valence-electron chi connectivity index (χ4n) is 1.71. The number of carbonyl (C=O) groups excluding carboxylic acids is 1. The number of benzene rings is 1. The molecule has 0 atom stereocenters. The summed E-state index contributed by atoms with van der Waals surface area (Å²) >= 11 is 0. The van der Waals surface area contributed by atoms with Gasteiger partial charge in [-0.15, -0.1) is 0 Å². The highest BCUT2D eigenvalue weighted by Gasteiger charge is 2.15. The summed E-state index contributed by atoms with van der Waals surface area (Å²) in [4.78, 5) is 25.4. The lowest BCUT2D eigenvalue weighted by Crippen LogP contribution is -2.25. The third-order valence-corrected chi connectivity index (χ3v) is 2.75. The van der Waals surface area contributed by atoms with Crippen LogP contribution in [0.25, 0.3) is 0 Å². The van der Waals surface area contributed by atoms with Gasteiger partial charge in [-0.3, -0.25) is 20.0 Å². The summed E-state index contributed by atoms with van der Waals surface area (Å²) in [6.45, 7) is 0.329. The molecule has 0 fully saturated rings. The molecule has 0 saturated carbocycles. The first-order valence-electron chi connectivity index (χ1n) is 6.14. The van der Waals surface area contributed by atoms with Crippen molar-refractivity contribution in [2.24, 2.45) is 0 Å². The molecule has 21 heavy (non-hydrogen) atoms. The third kappa shape index (κ3) is 3.81. The van der Waals surface area contributed by atoms with Crippen LogP contribution in [0.5, 0.6) is 0 Å². The number of aromatic nitrogens is 3. The lowest BCUT2D eigenvalue weighted by atomic mass is 10.1. The van der Waals surface area contributed by atoms with E-state index in [1.807, 2.05) is 0 Å². The van der Waals surface area contributed by atoms with Gasteiger partial charge in [0, 0.05) is 19.0 Å². The second-order valence-electron chi connectivity index (χ2n) is 4.21. The minimum atomic E-state index is -0.920. The van der Waals surface area contributed by atoms with Crippen molar-refractivity contribution in [1.82, 2.24) is 20.5 Å². The third-order valence-electron chi connectivity index (χ3n) is 2.75. The zero-order valence-corrected chi connectivity index (χ0v) is 10.9. The molecule has 0 unspecified atom stereocenters. The van der Waals surface area contributed by atoms with Crippen LogP contribution in [0, 0.1) is 15.9 Å². The summed E-state index contributed by atoms with van der Waals surface area (Å²) < 4.78 is 13.6. The lowest BCUT2D eigenvalue weighted by Gasteiger charge is -2.05. The molecular weight excluding hydrogens is 281 g/mol. The van der Waals surface area contributed by atoms with Gasteiger partial charge >= 0.3 is 0 Å². The van der Waals surface area contributed by atoms with E-state index in [1.54, 1.807) is 0 Å². The number of nitrogens with zero attached hydrogens (tertiary/aromatic N) is 3. The van der Waals surface area contributed by atoms with Crippen LogP contribution >= 0.6 is 0 Å². The maximum Gasteiger partial charge on any atom is 0.272 e. The molecule has 0 radical (unpaired) electrons. The Kier molecular flexibility index (Phi) is 4.54. The quantitative estimate of drug-likeness (QED) is 0.472. The summed E-state index contributed by atoms with van der Waals surface area (Å²) in [5.41, 5.74) is -0.616. The molecule has 1 aromatic heterocycles. The van der Waals surface area contributed by atoms with Crippen LogP contribution in [0.2, 0.25) is 0 Å². The van der Waals surface area contributed by atoms with Gasteiger partial charge in [0.25, 0.3) is 11.6 Å². The Morgan fingerprint density at radius 2 is 2.29 bits per heavy atom. The first-order chi connectivity index (χ1) is 10.1. The van der Waals surface area contributed by atoms with Crippen LogP contribution in [-0.2, 0) is 6.42 Å². The molecule has 0 aliphatic rings. The average molecular weight is 293 g/mol. The molecule has 1 amide bonds. The number of aryl methyl sites for hydroxylation is 1. The number of rotatable bonds is 6. The van der Waals surface area contributed by atoms with Crippen LogP contribution in [0.3, 0.4) is 0 Å². The Morgan fingerprint density at radius 3 is 2.90 bits per heavy atom. The molecule has 1 aromatic carbocycles. The number of nitro groups is 1. The Labute approximate surface area is 118 Å². The normalized spacial score (nSPS) is 10.3. The topological polar surface area (TPSA) is 114 Å². The first-order valence-corrected chi connectivity index (χ1v) is 6.14. The van der Waals surface area contributed by atoms with E-state index >= 15 is 0 Å². The highest BCUT2D eigenvalue weighted by atomic mass is 19.1. The highest BCUT2D eigenvalue weighted by molar-refractivity contribution is 5.94. The molecule has 1 heterocycles. The molecule has 2 aromatic rings. The van der Waals surface area contributed by atoms with Crippen molar-refractivity contribution in [3.05, 3.63) is 51.8 Å². The van der Waals surface area contributed by atoms with Crippen LogP contribution in [0.15, 0.2) is 24.5 Å². The van der Waals surface area contributed by atoms with E-state index in [4.69, 9.17) is 0 Å². The predicted molar refractivity (Wildman–Crippen MR) is 70.1 cm³/mol. The van der Waals surface area contributed by atoms with E-state index in [0.717, 1.165) is 18.2 Å². The van der Waals surface area contributed by atoms with Crippen molar-refractivity contribution in [3.63, 3.8) is 0 Å². The molecular formula is C12H12FN5O3. The number of nitro benzene ring substituents is 1. The number of H-pyrrole nitrogens is 1. The molecule has 0 saturated heterocycles. The van der Waals surface area contributed by atoms with Crippen molar-refractivity contribution >= 4 is 11.6 Å². The number of amides is 1. The Bertz CT molecular complexity index is 644. The smallest absolute Gasteiger partial charge is 0.272 e. The van der Waals surface area contributed by atoms with E-state index in [2.05, 4.69) is 20.5 Å². The number of aromatic amines is 1. The molecule has 110 valence electrons. The molecule has 8 nitrogen and oxygen atoms in total. The van der Waals surface area contributed by atoms with Crippen molar-refractivity contribution in [2.45, 2.75) is 12.8 Å². The van der Waals surface area contributed by atoms with E-state index in [1.165, 1.54) is 6.33 Å². The van der Waals surface area contributed by atoms with Crippen molar-refractivity contribution in [3.8, 4) is 0 Å². The van der Waals surface area contributed by atoms with Crippen LogP contribution in [0.4, 0.5) is 10.1 Å². The molecule has 0 bridgehead atoms. The second-order valence-corrected chi connectivity index (χ2v) is 4.21. The van der Waals surface area contributed by atoms with Gasteiger partial charge in [0.15, 0.2) is 0 Å². The largest absolute Gasteiger partial charge is 0.352 e. The van der Waals surface area contributed by atoms with Gasteiger partial charge < -0.3 is 5.32 Å². The van der Waals surface area contributed by atoms with Crippen molar-refractivity contribution in [2.75, 3.05) is 6.54 Å². The SMILES string of the molecule is O=C(NCCCc1ncn[nH]1)c1ccc([N+](=O)[O-])cc1F. The second kappa shape index (κ2) is 6.55. The van der Waals surface area contributed by atoms with Gasteiger partial charge in [-0.1, -0.05) is 0 Å². The fraction of sp³-hybridized carbons (Fsp3) is 0.250. The van der Waals surface area contributed by atoms with Crippen LogP contribution in [-0.4, -0.2) is 32.6 Å². The summed E-state index contributed by atoms with van der Waals surface area (Å²) in [6, 6.07) is 2.91. The summed E-state index contributed by atoms with van der Waals surface area (Å²) in [5.74, 6) is -0.831. The van der Waals surface area contributed by atoms with Gasteiger partial charge in [-0.05, 0) is 12.5 Å². The highest BCUT2D eigenvalue weighted by Crippen LogP contribution is 2.16. The van der Waals surface area contributed by atoms with E-state index in [-0.39, 0.29) is 5.56 Å². The van der Waals surface area contributed by atoms with Crippen molar-refractivity contribution in [1.29, 1.82) is 0 Å². The van der Waals surface area contributed by atoms with E-state index in [9.17, 15) is 19.3 Å². The number of hydrogen-bond acceptors (Lipinski definition) is 5. The Hall–Kier alpha value is -2.84. The van der Waals surface area contributed by atoms with E-state index < -0.39 is 22.3 Å². The van der Waals surface area contributed by atoms with Gasteiger partial charge in [-0.2, -0.15) is 5.10 Å². The molecule has 9 heteroatoms. The average Bonchev–Trinajstić information content (AvgIpc) is 2.96. The standard InChI is InChI=1S/C12H12FN5O3/c13-10-6-8(18(20)21)3-4-9(10)12(19)14-5-1-2-11-15-7-16-17-11/h3-4,6-7H,1-2,5H2,(H,14,19)(H,15,16,17). The van der Waals surface area contributed by atoms with Crippen molar-refractivity contribution < 1.29 is 14.1 Å². The lowest BCUT2D eigenvalue weighted by molar-refractivity contribution is -0.385. The molecule has 2 N–H and O–H groups in total. The number of halogens is 1. The van der Waals surface area contributed by atoms with Gasteiger partial charge in [-0.25, -0.2) is 9.37 Å². The van der Waals surface area contributed by atoms with Crippen LogP contribution in [0.1, 0.15) is 22.6 Å². The summed E-state index contributed by atoms with van der Waals surface area (Å²) in [5, 5.41) is 19.4. The molecule has 2 rings (SSSR count).